The molecule has 0 radical (unpaired) electrons. The van der Waals surface area contributed by atoms with Gasteiger partial charge in [-0.05, 0) is 35.9 Å². The molecule has 6 nitrogen and oxygen atoms in total. The molecular weight excluding hydrogens is 359 g/mol. The minimum atomic E-state index is -3.73. The highest BCUT2D eigenvalue weighted by Crippen LogP contribution is 2.22. The molecule has 0 amide bonds. The Morgan fingerprint density at radius 2 is 1.57 bits per heavy atom. The first kappa shape index (κ1) is 16.1. The van der Waals surface area contributed by atoms with E-state index in [1.54, 1.807) is 0 Å². The van der Waals surface area contributed by atoms with Gasteiger partial charge >= 0.3 is 0 Å². The van der Waals surface area contributed by atoms with Gasteiger partial charge in [0, 0.05) is 6.21 Å². The molecule has 110 valence electrons. The Morgan fingerprint density at radius 3 is 2.05 bits per heavy atom. The van der Waals surface area contributed by atoms with Crippen molar-refractivity contribution in [2.45, 2.75) is 4.90 Å². The van der Waals surface area contributed by atoms with Gasteiger partial charge in [0.25, 0.3) is 0 Å². The molecule has 0 aliphatic rings. The van der Waals surface area contributed by atoms with Crippen LogP contribution < -0.4 is 5.14 Å². The van der Waals surface area contributed by atoms with Gasteiger partial charge in [0.05, 0.1) is 16.1 Å². The number of nitrogens with two attached hydrogens (primary N) is 1. The minimum Gasteiger partial charge on any atom is -0.256 e. The molecule has 1 heterocycles. The first-order valence-corrected chi connectivity index (χ1v) is 8.01. The van der Waals surface area contributed by atoms with Crippen molar-refractivity contribution >= 4 is 56.7 Å². The maximum Gasteiger partial charge on any atom is 0.238 e. The summed E-state index contributed by atoms with van der Waals surface area (Å²) >= 11 is 17.4. The van der Waals surface area contributed by atoms with Crippen LogP contribution >= 0.6 is 34.8 Å². The average molecular weight is 366 g/mol. The maximum absolute atomic E-state index is 11.1. The Kier molecular flexibility index (Phi) is 4.80. The molecule has 1 aromatic carbocycles. The van der Waals surface area contributed by atoms with E-state index in [9.17, 15) is 8.42 Å². The third-order valence-electron chi connectivity index (χ3n) is 2.33. The molecule has 2 rings (SSSR count). The Morgan fingerprint density at radius 1 is 1.05 bits per heavy atom. The lowest BCUT2D eigenvalue weighted by Crippen LogP contribution is -2.11. The van der Waals surface area contributed by atoms with Crippen molar-refractivity contribution in [2.24, 2.45) is 10.1 Å². The topological polar surface area (TPSA) is 98.3 Å². The van der Waals surface area contributed by atoms with Gasteiger partial charge in [-0.3, -0.25) is 4.99 Å². The van der Waals surface area contributed by atoms with Gasteiger partial charge in [-0.15, -0.1) is 0 Å². The van der Waals surface area contributed by atoms with Crippen LogP contribution in [0.3, 0.4) is 0 Å². The summed E-state index contributed by atoms with van der Waals surface area (Å²) in [5.74, 6) is 0. The Balaban J connectivity index is 2.30. The van der Waals surface area contributed by atoms with Crippen LogP contribution in [0.5, 0.6) is 0 Å². The van der Waals surface area contributed by atoms with Crippen LogP contribution in [0, 0.1) is 0 Å². The predicted octanol–water partition coefficient (Wildman–Crippen LogP) is 2.83. The predicted molar refractivity (Wildman–Crippen MR) is 82.1 cm³/mol. The fourth-order valence-electron chi connectivity index (χ4n) is 1.36. The second kappa shape index (κ2) is 6.25. The molecule has 0 bridgehead atoms. The lowest BCUT2D eigenvalue weighted by Gasteiger charge is -2.01. The van der Waals surface area contributed by atoms with Gasteiger partial charge in [-0.25, -0.2) is 23.5 Å². The third-order valence-corrected chi connectivity index (χ3v) is 4.01. The van der Waals surface area contributed by atoms with E-state index in [2.05, 4.69) is 15.0 Å². The van der Waals surface area contributed by atoms with Crippen molar-refractivity contribution in [1.82, 2.24) is 9.97 Å². The van der Waals surface area contributed by atoms with Gasteiger partial charge < -0.3 is 0 Å². The monoisotopic (exact) mass is 364 g/mol. The van der Waals surface area contributed by atoms with Crippen LogP contribution in [-0.4, -0.2) is 24.6 Å². The summed E-state index contributed by atoms with van der Waals surface area (Å²) in [7, 11) is -3.73. The number of benzene rings is 1. The van der Waals surface area contributed by atoms with E-state index in [4.69, 9.17) is 39.9 Å². The van der Waals surface area contributed by atoms with Gasteiger partial charge in [0.2, 0.25) is 15.3 Å². The second-order valence-corrected chi connectivity index (χ2v) is 6.40. The molecule has 0 saturated carbocycles. The molecule has 0 aliphatic carbocycles. The summed E-state index contributed by atoms with van der Waals surface area (Å²) < 4.78 is 22.2. The zero-order valence-corrected chi connectivity index (χ0v) is 13.2. The van der Waals surface area contributed by atoms with Crippen molar-refractivity contribution in [3.63, 3.8) is 0 Å². The number of hydrogen-bond acceptors (Lipinski definition) is 5. The van der Waals surface area contributed by atoms with E-state index in [0.717, 1.165) is 0 Å². The van der Waals surface area contributed by atoms with E-state index in [-0.39, 0.29) is 20.5 Å². The highest BCUT2D eigenvalue weighted by atomic mass is 35.5. The van der Waals surface area contributed by atoms with E-state index < -0.39 is 10.0 Å². The van der Waals surface area contributed by atoms with E-state index >= 15 is 0 Å². The summed E-state index contributed by atoms with van der Waals surface area (Å²) in [5, 5.41) is 5.05. The summed E-state index contributed by atoms with van der Waals surface area (Å²) in [6.45, 7) is 0. The molecule has 0 unspecified atom stereocenters. The SMILES string of the molecule is NS(=O)(=O)c1ccc(N=Cc2c(Cl)nc(Cl)nc2Cl)cc1. The number of halogens is 3. The molecule has 2 N–H and O–H groups in total. The average Bonchev–Trinajstić information content (AvgIpc) is 2.37. The van der Waals surface area contributed by atoms with E-state index in [0.29, 0.717) is 11.3 Å². The number of nitrogens with zero attached hydrogens (tertiary/aromatic N) is 3. The van der Waals surface area contributed by atoms with Gasteiger partial charge in [-0.2, -0.15) is 0 Å². The van der Waals surface area contributed by atoms with Crippen LogP contribution in [0.4, 0.5) is 5.69 Å². The van der Waals surface area contributed by atoms with Crippen molar-refractivity contribution < 1.29 is 8.42 Å². The van der Waals surface area contributed by atoms with Crippen molar-refractivity contribution in [1.29, 1.82) is 0 Å². The molecule has 0 fully saturated rings. The van der Waals surface area contributed by atoms with Crippen LogP contribution in [0.2, 0.25) is 15.6 Å². The smallest absolute Gasteiger partial charge is 0.238 e. The molecular formula is C11H7Cl3N4O2S. The number of aromatic nitrogens is 2. The zero-order chi connectivity index (χ0) is 15.6. The van der Waals surface area contributed by atoms with Crippen molar-refractivity contribution in [3.8, 4) is 0 Å². The van der Waals surface area contributed by atoms with Crippen molar-refractivity contribution in [3.05, 3.63) is 45.4 Å². The fourth-order valence-corrected chi connectivity index (χ4v) is 2.62. The molecule has 21 heavy (non-hydrogen) atoms. The molecule has 2 aromatic rings. The lowest BCUT2D eigenvalue weighted by atomic mass is 10.3. The zero-order valence-electron chi connectivity index (χ0n) is 10.2. The number of sulfonamides is 1. The number of rotatable bonds is 3. The van der Waals surface area contributed by atoms with Crippen molar-refractivity contribution in [2.75, 3.05) is 0 Å². The van der Waals surface area contributed by atoms with Gasteiger partial charge in [0.15, 0.2) is 0 Å². The molecule has 10 heteroatoms. The standard InChI is InChI=1S/C11H7Cl3N4O2S/c12-9-8(10(13)18-11(14)17-9)5-16-6-1-3-7(4-2-6)21(15,19)20/h1-5H,(H2,15,19,20). The first-order chi connectivity index (χ1) is 9.77. The minimum absolute atomic E-state index is 0.00709. The first-order valence-electron chi connectivity index (χ1n) is 5.33. The Labute approximate surface area is 135 Å². The number of primary sulfonamides is 1. The van der Waals surface area contributed by atoms with E-state index in [1.807, 2.05) is 0 Å². The molecule has 0 spiro atoms. The molecule has 0 aliphatic heterocycles. The fraction of sp³-hybridized carbons (Fsp3) is 0. The van der Waals surface area contributed by atoms with E-state index in [1.165, 1.54) is 30.5 Å². The summed E-state index contributed by atoms with van der Waals surface area (Å²) in [4.78, 5) is 11.6. The third kappa shape index (κ3) is 4.12. The highest BCUT2D eigenvalue weighted by molar-refractivity contribution is 7.89. The molecule has 0 saturated heterocycles. The summed E-state index contributed by atoms with van der Waals surface area (Å²) in [6.07, 6.45) is 1.35. The molecule has 0 atom stereocenters. The Hall–Kier alpha value is -1.25. The quantitative estimate of drug-likeness (QED) is 0.513. The van der Waals surface area contributed by atoms with Gasteiger partial charge in [0.1, 0.15) is 10.3 Å². The van der Waals surface area contributed by atoms with Crippen LogP contribution in [0.25, 0.3) is 0 Å². The van der Waals surface area contributed by atoms with Crippen LogP contribution in [0.15, 0.2) is 34.2 Å². The summed E-state index contributed by atoms with van der Waals surface area (Å²) in [5.41, 5.74) is 0.780. The largest absolute Gasteiger partial charge is 0.256 e. The normalized spacial score (nSPS) is 12.0. The lowest BCUT2D eigenvalue weighted by molar-refractivity contribution is 0.598. The van der Waals surface area contributed by atoms with Crippen LogP contribution in [-0.2, 0) is 10.0 Å². The highest BCUT2D eigenvalue weighted by Gasteiger charge is 2.09. The summed E-state index contributed by atoms with van der Waals surface area (Å²) in [6, 6.07) is 5.64. The van der Waals surface area contributed by atoms with Crippen LogP contribution in [0.1, 0.15) is 5.56 Å². The Bertz CT molecular complexity index is 784. The number of aliphatic imine (C=N–C) groups is 1. The number of hydrogen-bond donors (Lipinski definition) is 1. The maximum atomic E-state index is 11.1. The molecule has 1 aromatic heterocycles. The second-order valence-electron chi connectivity index (χ2n) is 3.79. The van der Waals surface area contributed by atoms with Gasteiger partial charge in [-0.1, -0.05) is 23.2 Å².